The summed E-state index contributed by atoms with van der Waals surface area (Å²) >= 11 is 0. The lowest BCUT2D eigenvalue weighted by Crippen LogP contribution is -2.48. The summed E-state index contributed by atoms with van der Waals surface area (Å²) in [4.78, 5) is 27.6. The maximum absolute atomic E-state index is 13.2. The molecule has 30 heavy (non-hydrogen) atoms. The molecule has 0 bridgehead atoms. The molecular weight excluding hydrogens is 378 g/mol. The first-order valence-electron chi connectivity index (χ1n) is 10.6. The fourth-order valence-electron chi connectivity index (χ4n) is 4.84. The molecule has 2 atom stereocenters. The number of benzene rings is 1. The summed E-state index contributed by atoms with van der Waals surface area (Å²) < 4.78 is 5.32. The number of nitrogens with zero attached hydrogens (tertiary/aromatic N) is 3. The van der Waals surface area contributed by atoms with Gasteiger partial charge in [-0.3, -0.25) is 4.79 Å². The van der Waals surface area contributed by atoms with E-state index in [1.807, 2.05) is 43.5 Å². The highest BCUT2D eigenvalue weighted by Crippen LogP contribution is 2.56. The van der Waals surface area contributed by atoms with E-state index in [2.05, 4.69) is 25.2 Å². The molecule has 1 aromatic carbocycles. The van der Waals surface area contributed by atoms with E-state index < -0.39 is 0 Å². The molecule has 1 saturated heterocycles. The minimum atomic E-state index is -0.0530. The Kier molecular flexibility index (Phi) is 4.60. The minimum Gasteiger partial charge on any atom is -0.497 e. The molecule has 2 fully saturated rings. The number of hydrogen-bond acceptors (Lipinski definition) is 5. The van der Waals surface area contributed by atoms with Crippen LogP contribution in [-0.4, -0.2) is 41.1 Å². The molecule has 2 aliphatic rings. The molecule has 1 aliphatic heterocycles. The van der Waals surface area contributed by atoms with Crippen molar-refractivity contribution >= 4 is 22.8 Å². The van der Waals surface area contributed by atoms with Crippen LogP contribution in [0.4, 0.5) is 5.82 Å². The zero-order chi connectivity index (χ0) is 20.7. The molecule has 1 spiro atoms. The van der Waals surface area contributed by atoms with Crippen molar-refractivity contribution in [1.82, 2.24) is 20.3 Å². The summed E-state index contributed by atoms with van der Waals surface area (Å²) in [5.74, 6) is 1.99. The minimum absolute atomic E-state index is 0.0466. The van der Waals surface area contributed by atoms with E-state index in [4.69, 9.17) is 4.74 Å². The first-order valence-corrected chi connectivity index (χ1v) is 10.6. The van der Waals surface area contributed by atoms with E-state index in [9.17, 15) is 4.79 Å². The van der Waals surface area contributed by atoms with Gasteiger partial charge in [0.1, 0.15) is 23.5 Å². The molecule has 1 unspecified atom stereocenters. The third-order valence-corrected chi connectivity index (χ3v) is 6.73. The molecule has 7 nitrogen and oxygen atoms in total. The Hall–Kier alpha value is -3.09. The lowest BCUT2D eigenvalue weighted by molar-refractivity contribution is -0.128. The average molecular weight is 406 g/mol. The van der Waals surface area contributed by atoms with Crippen LogP contribution in [0.5, 0.6) is 5.75 Å². The van der Waals surface area contributed by atoms with Crippen LogP contribution in [0.25, 0.3) is 11.0 Å². The monoisotopic (exact) mass is 405 g/mol. The van der Waals surface area contributed by atoms with Crippen LogP contribution in [-0.2, 0) is 4.79 Å². The van der Waals surface area contributed by atoms with Crippen molar-refractivity contribution in [3.05, 3.63) is 48.4 Å². The number of anilines is 1. The van der Waals surface area contributed by atoms with E-state index in [-0.39, 0.29) is 23.3 Å². The number of amides is 1. The molecular formula is C23H27N5O2. The largest absolute Gasteiger partial charge is 0.497 e. The van der Waals surface area contributed by atoms with Crippen molar-refractivity contribution < 1.29 is 9.53 Å². The highest BCUT2D eigenvalue weighted by molar-refractivity contribution is 5.88. The summed E-state index contributed by atoms with van der Waals surface area (Å²) in [6, 6.07) is 9.86. The summed E-state index contributed by atoms with van der Waals surface area (Å²) in [6.45, 7) is 3.73. The van der Waals surface area contributed by atoms with E-state index in [0.29, 0.717) is 0 Å². The average Bonchev–Trinajstić information content (AvgIpc) is 3.34. The van der Waals surface area contributed by atoms with Gasteiger partial charge in [0.25, 0.3) is 0 Å². The zero-order valence-corrected chi connectivity index (χ0v) is 17.4. The Morgan fingerprint density at radius 3 is 3.00 bits per heavy atom. The van der Waals surface area contributed by atoms with Crippen LogP contribution in [0.15, 0.2) is 42.9 Å². The van der Waals surface area contributed by atoms with E-state index in [0.717, 1.165) is 60.5 Å². The predicted molar refractivity (Wildman–Crippen MR) is 115 cm³/mol. The van der Waals surface area contributed by atoms with Gasteiger partial charge in [-0.15, -0.1) is 0 Å². The van der Waals surface area contributed by atoms with Crippen LogP contribution in [0.1, 0.15) is 37.8 Å². The Morgan fingerprint density at radius 1 is 1.33 bits per heavy atom. The first kappa shape index (κ1) is 18.9. The molecule has 7 heteroatoms. The van der Waals surface area contributed by atoms with Gasteiger partial charge in [-0.2, -0.15) is 0 Å². The Bertz CT molecular complexity index is 1070. The number of carbonyl (C=O) groups is 1. The Labute approximate surface area is 175 Å². The molecule has 0 radical (unpaired) electrons. The molecule has 3 heterocycles. The van der Waals surface area contributed by atoms with Crippen molar-refractivity contribution in [3.8, 4) is 5.75 Å². The fraction of sp³-hybridized carbons (Fsp3) is 0.435. The van der Waals surface area contributed by atoms with Crippen LogP contribution in [0.3, 0.4) is 0 Å². The number of hydrogen-bond donors (Lipinski definition) is 2. The van der Waals surface area contributed by atoms with Crippen LogP contribution in [0, 0.1) is 11.3 Å². The Morgan fingerprint density at radius 2 is 2.20 bits per heavy atom. The second-order valence-corrected chi connectivity index (χ2v) is 8.57. The fourth-order valence-corrected chi connectivity index (χ4v) is 4.84. The quantitative estimate of drug-likeness (QED) is 0.679. The smallest absolute Gasteiger partial charge is 0.224 e. The molecule has 2 aromatic heterocycles. The SMILES string of the molecule is COc1cccc([C@@H](C)NC(=O)C2CCN(c3ncnc4[nH]ccc34)CC23CC3)c1. The molecule has 5 rings (SSSR count). The van der Waals surface area contributed by atoms with Gasteiger partial charge < -0.3 is 19.9 Å². The summed E-state index contributed by atoms with van der Waals surface area (Å²) in [7, 11) is 1.66. The van der Waals surface area contributed by atoms with Gasteiger partial charge in [-0.1, -0.05) is 12.1 Å². The van der Waals surface area contributed by atoms with Crippen LogP contribution >= 0.6 is 0 Å². The van der Waals surface area contributed by atoms with Crippen LogP contribution in [0.2, 0.25) is 0 Å². The number of rotatable bonds is 5. The maximum atomic E-state index is 13.2. The van der Waals surface area contributed by atoms with Crippen molar-refractivity contribution in [1.29, 1.82) is 0 Å². The highest BCUT2D eigenvalue weighted by Gasteiger charge is 2.55. The number of aromatic nitrogens is 3. The van der Waals surface area contributed by atoms with Gasteiger partial charge in [0.15, 0.2) is 0 Å². The summed E-state index contributed by atoms with van der Waals surface area (Å²) in [5.41, 5.74) is 1.97. The standard InChI is InChI=1S/C23H27N5O2/c1-15(16-4-3-5-17(12-16)30-2)27-22(29)19-7-11-28(13-23(19)8-9-23)21-18-6-10-24-20(18)25-14-26-21/h3-6,10,12,14-15,19H,7-9,11,13H2,1-2H3,(H,27,29)(H,24,25,26)/t15-,19?/m1/s1. The second kappa shape index (κ2) is 7.31. The highest BCUT2D eigenvalue weighted by atomic mass is 16.5. The van der Waals surface area contributed by atoms with Crippen LogP contribution < -0.4 is 15.0 Å². The number of H-pyrrole nitrogens is 1. The number of fused-ring (bicyclic) bond motifs is 1. The molecule has 1 amide bonds. The summed E-state index contributed by atoms with van der Waals surface area (Å²) in [6.07, 6.45) is 6.54. The van der Waals surface area contributed by atoms with Gasteiger partial charge in [0, 0.05) is 25.2 Å². The van der Waals surface area contributed by atoms with Gasteiger partial charge in [0.05, 0.1) is 18.5 Å². The number of nitrogens with one attached hydrogen (secondary N) is 2. The lowest BCUT2D eigenvalue weighted by Gasteiger charge is -2.39. The van der Waals surface area contributed by atoms with E-state index in [1.165, 1.54) is 0 Å². The normalized spacial score (nSPS) is 20.9. The van der Waals surface area contributed by atoms with Crippen molar-refractivity contribution in [2.24, 2.45) is 11.3 Å². The topological polar surface area (TPSA) is 83.1 Å². The summed E-state index contributed by atoms with van der Waals surface area (Å²) in [5, 5.41) is 4.29. The van der Waals surface area contributed by atoms with Crippen molar-refractivity contribution in [2.75, 3.05) is 25.1 Å². The first-order chi connectivity index (χ1) is 14.6. The van der Waals surface area contributed by atoms with Gasteiger partial charge in [0.2, 0.25) is 5.91 Å². The number of aromatic amines is 1. The molecule has 156 valence electrons. The van der Waals surface area contributed by atoms with Gasteiger partial charge in [-0.25, -0.2) is 9.97 Å². The predicted octanol–water partition coefficient (Wildman–Crippen LogP) is 3.45. The van der Waals surface area contributed by atoms with Crippen molar-refractivity contribution in [2.45, 2.75) is 32.2 Å². The number of carbonyl (C=O) groups excluding carboxylic acids is 1. The zero-order valence-electron chi connectivity index (χ0n) is 17.4. The third kappa shape index (κ3) is 3.28. The number of piperidine rings is 1. The molecule has 1 aliphatic carbocycles. The molecule has 3 aromatic rings. The maximum Gasteiger partial charge on any atom is 0.224 e. The van der Waals surface area contributed by atoms with Gasteiger partial charge >= 0.3 is 0 Å². The number of methoxy groups -OCH3 is 1. The number of ether oxygens (including phenoxy) is 1. The molecule has 1 saturated carbocycles. The van der Waals surface area contributed by atoms with Gasteiger partial charge in [-0.05, 0) is 55.4 Å². The second-order valence-electron chi connectivity index (χ2n) is 8.57. The third-order valence-electron chi connectivity index (χ3n) is 6.73. The molecule has 2 N–H and O–H groups in total. The van der Waals surface area contributed by atoms with E-state index >= 15 is 0 Å². The van der Waals surface area contributed by atoms with Crippen molar-refractivity contribution in [3.63, 3.8) is 0 Å². The lowest BCUT2D eigenvalue weighted by atomic mass is 9.81. The Balaban J connectivity index is 1.30. The van der Waals surface area contributed by atoms with E-state index in [1.54, 1.807) is 13.4 Å².